The predicted molar refractivity (Wildman–Crippen MR) is 103 cm³/mol. The number of nitrogens with zero attached hydrogens (tertiary/aromatic N) is 5. The van der Waals surface area contributed by atoms with Crippen molar-refractivity contribution in [2.75, 3.05) is 29.0 Å². The van der Waals surface area contributed by atoms with Crippen molar-refractivity contribution < 1.29 is 0 Å². The van der Waals surface area contributed by atoms with Crippen LogP contribution < -0.4 is 16.0 Å². The summed E-state index contributed by atoms with van der Waals surface area (Å²) in [5.74, 6) is 1.20. The number of aromatic nitrogens is 4. The Hall–Kier alpha value is -3.09. The highest BCUT2D eigenvalue weighted by Gasteiger charge is 2.15. The lowest BCUT2D eigenvalue weighted by atomic mass is 10.1. The van der Waals surface area contributed by atoms with Crippen molar-refractivity contribution in [3.8, 4) is 5.82 Å². The largest absolute Gasteiger partial charge is 0.393 e. The molecule has 1 fully saturated rings. The van der Waals surface area contributed by atoms with E-state index in [1.165, 1.54) is 36.8 Å². The van der Waals surface area contributed by atoms with Gasteiger partial charge in [0.15, 0.2) is 11.6 Å². The maximum Gasteiger partial charge on any atom is 0.181 e. The second-order valence-corrected chi connectivity index (χ2v) is 6.44. The predicted octanol–water partition coefficient (Wildman–Crippen LogP) is 2.85. The molecule has 1 aromatic carbocycles. The van der Waals surface area contributed by atoms with Gasteiger partial charge in [0.1, 0.15) is 12.0 Å². The van der Waals surface area contributed by atoms with Crippen molar-refractivity contribution in [2.24, 2.45) is 0 Å². The summed E-state index contributed by atoms with van der Waals surface area (Å²) in [6.45, 7) is 2.90. The van der Waals surface area contributed by atoms with Gasteiger partial charge in [-0.15, -0.1) is 0 Å². The molecule has 3 aromatic rings. The maximum atomic E-state index is 6.26. The molecule has 0 spiro atoms. The van der Waals surface area contributed by atoms with E-state index < -0.39 is 0 Å². The first-order valence-electron chi connectivity index (χ1n) is 9.00. The Balaban J connectivity index is 1.54. The zero-order valence-electron chi connectivity index (χ0n) is 14.7. The first-order valence-corrected chi connectivity index (χ1v) is 9.00. The summed E-state index contributed by atoms with van der Waals surface area (Å²) < 4.78 is 1.64. The summed E-state index contributed by atoms with van der Waals surface area (Å²) in [5.41, 5.74) is 9.29. The van der Waals surface area contributed by atoms with E-state index in [1.54, 1.807) is 10.9 Å². The topological polar surface area (TPSA) is 84.9 Å². The van der Waals surface area contributed by atoms with Gasteiger partial charge in [0.05, 0.1) is 0 Å². The molecule has 1 aliphatic heterocycles. The number of nitrogens with one attached hydrogen (secondary N) is 1. The molecule has 0 atom stereocenters. The Bertz CT molecular complexity index is 854. The first kappa shape index (κ1) is 16.4. The Kier molecular flexibility index (Phi) is 4.68. The molecule has 3 N–H and O–H groups in total. The molecule has 0 bridgehead atoms. The number of piperidine rings is 1. The number of hydrogen-bond acceptors (Lipinski definition) is 6. The molecule has 0 saturated carbocycles. The molecular weight excluding hydrogens is 326 g/mol. The zero-order chi connectivity index (χ0) is 17.8. The fraction of sp³-hybridized carbons (Fsp3) is 0.316. The highest BCUT2D eigenvalue weighted by atomic mass is 15.3. The van der Waals surface area contributed by atoms with Gasteiger partial charge in [-0.05, 0) is 37.0 Å². The zero-order valence-corrected chi connectivity index (χ0v) is 14.7. The average Bonchev–Trinajstić information content (AvgIpc) is 3.23. The van der Waals surface area contributed by atoms with E-state index in [2.05, 4.69) is 49.5 Å². The third-order valence-corrected chi connectivity index (χ3v) is 4.72. The van der Waals surface area contributed by atoms with Crippen LogP contribution in [0.5, 0.6) is 0 Å². The van der Waals surface area contributed by atoms with E-state index in [1.807, 2.05) is 12.3 Å². The highest BCUT2D eigenvalue weighted by Crippen LogP contribution is 2.26. The average molecular weight is 349 g/mol. The number of hydrogen-bond donors (Lipinski definition) is 2. The quantitative estimate of drug-likeness (QED) is 0.737. The molecule has 134 valence electrons. The molecule has 0 unspecified atom stereocenters. The number of benzene rings is 1. The monoisotopic (exact) mass is 349 g/mol. The smallest absolute Gasteiger partial charge is 0.181 e. The van der Waals surface area contributed by atoms with Gasteiger partial charge < -0.3 is 16.0 Å². The second kappa shape index (κ2) is 7.43. The Morgan fingerprint density at radius 1 is 1.04 bits per heavy atom. The van der Waals surface area contributed by atoms with Gasteiger partial charge in [-0.3, -0.25) is 0 Å². The van der Waals surface area contributed by atoms with Gasteiger partial charge in [0, 0.05) is 37.7 Å². The first-order chi connectivity index (χ1) is 12.8. The Morgan fingerprint density at radius 3 is 2.69 bits per heavy atom. The third-order valence-electron chi connectivity index (χ3n) is 4.72. The van der Waals surface area contributed by atoms with Crippen LogP contribution in [0, 0.1) is 0 Å². The standard InChI is InChI=1S/C19H23N7/c20-17-18(22-14-23-19(17)26-12-6-9-24-26)21-13-15-7-2-3-8-16(15)25-10-4-1-5-11-25/h2-3,6-9,12,14H,1,4-5,10-11,13,20H2,(H,21,22,23). The van der Waals surface area contributed by atoms with Crippen molar-refractivity contribution in [2.45, 2.75) is 25.8 Å². The van der Waals surface area contributed by atoms with Crippen molar-refractivity contribution in [3.63, 3.8) is 0 Å². The van der Waals surface area contributed by atoms with E-state index in [0.29, 0.717) is 23.9 Å². The molecule has 0 aliphatic carbocycles. The van der Waals surface area contributed by atoms with E-state index in [4.69, 9.17) is 5.73 Å². The molecular formula is C19H23N7. The Morgan fingerprint density at radius 2 is 1.88 bits per heavy atom. The lowest BCUT2D eigenvalue weighted by Crippen LogP contribution is -2.30. The Labute approximate surface area is 152 Å². The van der Waals surface area contributed by atoms with Crippen LogP contribution in [0.15, 0.2) is 49.1 Å². The van der Waals surface area contributed by atoms with Crippen molar-refractivity contribution in [1.82, 2.24) is 19.7 Å². The molecule has 0 amide bonds. The molecule has 0 radical (unpaired) electrons. The fourth-order valence-electron chi connectivity index (χ4n) is 3.39. The van der Waals surface area contributed by atoms with Crippen LogP contribution in [0.4, 0.5) is 17.2 Å². The third kappa shape index (κ3) is 3.33. The second-order valence-electron chi connectivity index (χ2n) is 6.44. The minimum Gasteiger partial charge on any atom is -0.393 e. The number of anilines is 3. The van der Waals surface area contributed by atoms with Crippen LogP contribution in [0.2, 0.25) is 0 Å². The maximum absolute atomic E-state index is 6.26. The van der Waals surface area contributed by atoms with Crippen LogP contribution in [0.3, 0.4) is 0 Å². The lowest BCUT2D eigenvalue weighted by molar-refractivity contribution is 0.576. The summed E-state index contributed by atoms with van der Waals surface area (Å²) in [6.07, 6.45) is 8.86. The van der Waals surface area contributed by atoms with E-state index in [0.717, 1.165) is 13.1 Å². The van der Waals surface area contributed by atoms with Gasteiger partial charge in [-0.2, -0.15) is 5.10 Å². The van der Waals surface area contributed by atoms with E-state index in [-0.39, 0.29) is 0 Å². The van der Waals surface area contributed by atoms with Crippen molar-refractivity contribution >= 4 is 17.2 Å². The summed E-state index contributed by atoms with van der Waals surface area (Å²) in [7, 11) is 0. The van der Waals surface area contributed by atoms with Gasteiger partial charge in [-0.1, -0.05) is 18.2 Å². The molecule has 26 heavy (non-hydrogen) atoms. The fourth-order valence-corrected chi connectivity index (χ4v) is 3.39. The SMILES string of the molecule is Nc1c(NCc2ccccc2N2CCCCC2)ncnc1-n1cccn1. The van der Waals surface area contributed by atoms with Crippen LogP contribution in [0.25, 0.3) is 5.82 Å². The van der Waals surface area contributed by atoms with Gasteiger partial charge in [0.25, 0.3) is 0 Å². The van der Waals surface area contributed by atoms with Crippen LogP contribution in [-0.2, 0) is 6.54 Å². The number of para-hydroxylation sites is 1. The number of rotatable bonds is 5. The van der Waals surface area contributed by atoms with E-state index in [9.17, 15) is 0 Å². The molecule has 1 aliphatic rings. The summed E-state index contributed by atoms with van der Waals surface area (Å²) in [5, 5.41) is 7.56. The van der Waals surface area contributed by atoms with Crippen LogP contribution in [0.1, 0.15) is 24.8 Å². The van der Waals surface area contributed by atoms with Gasteiger partial charge >= 0.3 is 0 Å². The molecule has 7 heteroatoms. The lowest BCUT2D eigenvalue weighted by Gasteiger charge is -2.30. The van der Waals surface area contributed by atoms with Crippen LogP contribution in [-0.4, -0.2) is 32.8 Å². The van der Waals surface area contributed by atoms with Gasteiger partial charge in [-0.25, -0.2) is 14.6 Å². The summed E-state index contributed by atoms with van der Waals surface area (Å²) in [4.78, 5) is 11.0. The molecule has 2 aromatic heterocycles. The van der Waals surface area contributed by atoms with Crippen molar-refractivity contribution in [3.05, 3.63) is 54.6 Å². The molecule has 7 nitrogen and oxygen atoms in total. The molecule has 4 rings (SSSR count). The minimum atomic E-state index is 0.492. The molecule has 1 saturated heterocycles. The van der Waals surface area contributed by atoms with Crippen molar-refractivity contribution in [1.29, 1.82) is 0 Å². The summed E-state index contributed by atoms with van der Waals surface area (Å²) in [6, 6.07) is 10.4. The number of nitrogen functional groups attached to an aromatic ring is 1. The van der Waals surface area contributed by atoms with Crippen LogP contribution >= 0.6 is 0 Å². The van der Waals surface area contributed by atoms with Gasteiger partial charge in [0.2, 0.25) is 0 Å². The molecule has 3 heterocycles. The highest BCUT2D eigenvalue weighted by molar-refractivity contribution is 5.69. The minimum absolute atomic E-state index is 0.492. The number of nitrogens with two attached hydrogens (primary N) is 1. The van der Waals surface area contributed by atoms with E-state index >= 15 is 0 Å². The normalized spacial score (nSPS) is 14.4. The summed E-state index contributed by atoms with van der Waals surface area (Å²) >= 11 is 0.